The molecule has 1 fully saturated rings. The molecule has 1 aliphatic heterocycles. The molecule has 0 saturated carbocycles. The molecule has 1 saturated heterocycles. The summed E-state index contributed by atoms with van der Waals surface area (Å²) in [6.45, 7) is 4.38. The van der Waals surface area contributed by atoms with Crippen molar-refractivity contribution in [2.45, 2.75) is 25.8 Å². The lowest BCUT2D eigenvalue weighted by Crippen LogP contribution is -2.46. The van der Waals surface area contributed by atoms with E-state index in [9.17, 15) is 9.59 Å². The van der Waals surface area contributed by atoms with E-state index in [1.54, 1.807) is 25.4 Å². The summed E-state index contributed by atoms with van der Waals surface area (Å²) in [6, 6.07) is 3.65. The van der Waals surface area contributed by atoms with Crippen molar-refractivity contribution in [3.63, 3.8) is 0 Å². The van der Waals surface area contributed by atoms with Gasteiger partial charge in [-0.3, -0.25) is 19.6 Å². The number of guanidine groups is 1. The molecular weight excluding hydrogens is 447 g/mol. The first-order valence-electron chi connectivity index (χ1n) is 8.57. The van der Waals surface area contributed by atoms with Gasteiger partial charge in [0, 0.05) is 58.1 Å². The number of likely N-dealkylation sites (tertiary alicyclic amines) is 1. The topological polar surface area (TPSA) is 98.7 Å². The summed E-state index contributed by atoms with van der Waals surface area (Å²) in [6.07, 6.45) is 4.61. The fraction of sp³-hybridized carbons (Fsp3) is 0.529. The van der Waals surface area contributed by atoms with Crippen LogP contribution in [0.5, 0.6) is 0 Å². The van der Waals surface area contributed by atoms with Gasteiger partial charge in [-0.25, -0.2) is 0 Å². The smallest absolute Gasteiger partial charge is 0.252 e. The van der Waals surface area contributed by atoms with E-state index in [-0.39, 0.29) is 41.8 Å². The van der Waals surface area contributed by atoms with Crippen LogP contribution in [-0.4, -0.2) is 66.9 Å². The Morgan fingerprint density at radius 2 is 2.12 bits per heavy atom. The number of aromatic nitrogens is 1. The van der Waals surface area contributed by atoms with Crippen LogP contribution in [0.15, 0.2) is 29.5 Å². The van der Waals surface area contributed by atoms with Crippen LogP contribution in [0.2, 0.25) is 0 Å². The lowest BCUT2D eigenvalue weighted by molar-refractivity contribution is -0.129. The van der Waals surface area contributed by atoms with Crippen molar-refractivity contribution in [2.75, 3.05) is 33.2 Å². The van der Waals surface area contributed by atoms with Crippen molar-refractivity contribution < 1.29 is 9.59 Å². The third-order valence-electron chi connectivity index (χ3n) is 4.03. The fourth-order valence-corrected chi connectivity index (χ4v) is 2.67. The minimum Gasteiger partial charge on any atom is -0.355 e. The molecule has 1 atom stereocenters. The van der Waals surface area contributed by atoms with Crippen molar-refractivity contribution in [3.05, 3.63) is 30.1 Å². The predicted octanol–water partition coefficient (Wildman–Crippen LogP) is 0.605. The average Bonchev–Trinajstić information content (AvgIpc) is 3.12. The van der Waals surface area contributed by atoms with E-state index in [1.165, 1.54) is 6.20 Å². The first-order valence-corrected chi connectivity index (χ1v) is 8.57. The van der Waals surface area contributed by atoms with E-state index in [0.717, 1.165) is 13.0 Å². The molecule has 8 nitrogen and oxygen atoms in total. The van der Waals surface area contributed by atoms with Gasteiger partial charge in [0.1, 0.15) is 0 Å². The van der Waals surface area contributed by atoms with Gasteiger partial charge in [-0.1, -0.05) is 6.92 Å². The van der Waals surface area contributed by atoms with Crippen LogP contribution < -0.4 is 16.0 Å². The van der Waals surface area contributed by atoms with Crippen molar-refractivity contribution in [3.8, 4) is 0 Å². The van der Waals surface area contributed by atoms with Crippen LogP contribution in [0.25, 0.3) is 0 Å². The third kappa shape index (κ3) is 6.77. The molecule has 0 spiro atoms. The van der Waals surface area contributed by atoms with E-state index >= 15 is 0 Å². The first-order chi connectivity index (χ1) is 12.1. The Bertz CT molecular complexity index is 611. The summed E-state index contributed by atoms with van der Waals surface area (Å²) >= 11 is 0. The molecule has 9 heteroatoms. The second kappa shape index (κ2) is 11.7. The van der Waals surface area contributed by atoms with Crippen molar-refractivity contribution in [1.29, 1.82) is 0 Å². The van der Waals surface area contributed by atoms with Gasteiger partial charge in [0.25, 0.3) is 5.91 Å². The van der Waals surface area contributed by atoms with Gasteiger partial charge in [-0.05, 0) is 18.6 Å². The summed E-state index contributed by atoms with van der Waals surface area (Å²) in [5, 5.41) is 9.31. The molecule has 2 amide bonds. The normalized spacial score (nSPS) is 16.6. The van der Waals surface area contributed by atoms with E-state index in [1.807, 2.05) is 11.8 Å². The molecular formula is C17H27IN6O2. The van der Waals surface area contributed by atoms with E-state index < -0.39 is 0 Å². The highest BCUT2D eigenvalue weighted by atomic mass is 127. The number of carbonyl (C=O) groups excluding carboxylic acids is 2. The van der Waals surface area contributed by atoms with Crippen molar-refractivity contribution in [2.24, 2.45) is 4.99 Å². The Morgan fingerprint density at radius 1 is 1.35 bits per heavy atom. The predicted molar refractivity (Wildman–Crippen MR) is 112 cm³/mol. The maximum absolute atomic E-state index is 11.9. The molecule has 2 rings (SSSR count). The zero-order chi connectivity index (χ0) is 18.1. The van der Waals surface area contributed by atoms with Crippen molar-refractivity contribution in [1.82, 2.24) is 25.8 Å². The molecule has 0 bridgehead atoms. The zero-order valence-corrected chi connectivity index (χ0v) is 17.5. The molecule has 1 aromatic rings. The van der Waals surface area contributed by atoms with Gasteiger partial charge in [0.05, 0.1) is 5.56 Å². The fourth-order valence-electron chi connectivity index (χ4n) is 2.67. The van der Waals surface area contributed by atoms with Crippen LogP contribution in [-0.2, 0) is 4.79 Å². The van der Waals surface area contributed by atoms with E-state index in [4.69, 9.17) is 0 Å². The van der Waals surface area contributed by atoms with E-state index in [2.05, 4.69) is 25.9 Å². The lowest BCUT2D eigenvalue weighted by atomic mass is 10.2. The number of nitrogens with one attached hydrogen (secondary N) is 3. The second-order valence-electron chi connectivity index (χ2n) is 5.82. The Kier molecular flexibility index (Phi) is 9.92. The van der Waals surface area contributed by atoms with Gasteiger partial charge >= 0.3 is 0 Å². The van der Waals surface area contributed by atoms with Gasteiger partial charge < -0.3 is 20.9 Å². The molecule has 144 valence electrons. The Labute approximate surface area is 171 Å². The minimum atomic E-state index is -0.151. The SMILES string of the molecule is CCC(=O)N1CCC(NC(=NC)NCCNC(=O)c2cccnc2)C1.I. The van der Waals surface area contributed by atoms with Crippen LogP contribution in [0.1, 0.15) is 30.1 Å². The Balaban J connectivity index is 0.00000338. The first kappa shape index (κ1) is 22.1. The highest BCUT2D eigenvalue weighted by Gasteiger charge is 2.25. The summed E-state index contributed by atoms with van der Waals surface area (Å²) in [5.41, 5.74) is 0.539. The van der Waals surface area contributed by atoms with Crippen LogP contribution >= 0.6 is 24.0 Å². The second-order valence-corrected chi connectivity index (χ2v) is 5.82. The summed E-state index contributed by atoms with van der Waals surface area (Å²) in [7, 11) is 1.70. The molecule has 1 aromatic heterocycles. The Morgan fingerprint density at radius 3 is 2.77 bits per heavy atom. The Hall–Kier alpha value is -1.91. The average molecular weight is 474 g/mol. The number of hydrogen-bond acceptors (Lipinski definition) is 4. The quantitative estimate of drug-likeness (QED) is 0.243. The number of hydrogen-bond donors (Lipinski definition) is 3. The minimum absolute atomic E-state index is 0. The number of pyridine rings is 1. The largest absolute Gasteiger partial charge is 0.355 e. The standard InChI is InChI=1S/C17H26N6O2.HI/c1-3-15(24)23-10-6-14(12-23)22-17(18-2)21-9-8-20-16(25)13-5-4-7-19-11-13;/h4-5,7,11,14H,3,6,8-10,12H2,1-2H3,(H,20,25)(H2,18,21,22);1H. The summed E-state index contributed by atoms with van der Waals surface area (Å²) < 4.78 is 0. The maximum Gasteiger partial charge on any atom is 0.252 e. The monoisotopic (exact) mass is 474 g/mol. The van der Waals surface area contributed by atoms with Gasteiger partial charge in [0.2, 0.25) is 5.91 Å². The molecule has 0 radical (unpaired) electrons. The highest BCUT2D eigenvalue weighted by Crippen LogP contribution is 2.10. The van der Waals surface area contributed by atoms with Gasteiger partial charge in [0.15, 0.2) is 5.96 Å². The van der Waals surface area contributed by atoms with Crippen LogP contribution in [0.4, 0.5) is 0 Å². The molecule has 26 heavy (non-hydrogen) atoms. The number of nitrogens with zero attached hydrogens (tertiary/aromatic N) is 3. The lowest BCUT2D eigenvalue weighted by Gasteiger charge is -2.18. The molecule has 1 unspecified atom stereocenters. The van der Waals surface area contributed by atoms with Crippen LogP contribution in [0.3, 0.4) is 0 Å². The zero-order valence-electron chi connectivity index (χ0n) is 15.2. The molecule has 1 aliphatic rings. The number of aliphatic imine (C=N–C) groups is 1. The third-order valence-corrected chi connectivity index (χ3v) is 4.03. The molecule has 0 aliphatic carbocycles. The molecule has 0 aromatic carbocycles. The van der Waals surface area contributed by atoms with E-state index in [0.29, 0.717) is 37.6 Å². The molecule has 3 N–H and O–H groups in total. The number of halogens is 1. The van der Waals surface area contributed by atoms with Gasteiger partial charge in [-0.2, -0.15) is 0 Å². The number of carbonyl (C=O) groups is 2. The number of rotatable bonds is 6. The van der Waals surface area contributed by atoms with Crippen molar-refractivity contribution >= 4 is 41.8 Å². The summed E-state index contributed by atoms with van der Waals surface area (Å²) in [4.78, 5) is 33.6. The maximum atomic E-state index is 11.9. The molecule has 2 heterocycles. The highest BCUT2D eigenvalue weighted by molar-refractivity contribution is 14.0. The van der Waals surface area contributed by atoms with Gasteiger partial charge in [-0.15, -0.1) is 24.0 Å². The summed E-state index contributed by atoms with van der Waals surface area (Å²) in [5.74, 6) is 0.708. The number of amides is 2. The van der Waals surface area contributed by atoms with Crippen LogP contribution in [0, 0.1) is 0 Å².